The van der Waals surface area contributed by atoms with Crippen molar-refractivity contribution in [3.63, 3.8) is 0 Å². The Kier molecular flexibility index (Phi) is 6.42. The minimum absolute atomic E-state index is 0.112. The molecule has 1 heterocycles. The van der Waals surface area contributed by atoms with Crippen molar-refractivity contribution in [2.45, 2.75) is 51.7 Å². The molecule has 1 aliphatic rings. The number of rotatable bonds is 6. The van der Waals surface area contributed by atoms with Crippen LogP contribution in [-0.2, 0) is 14.3 Å². The topological polar surface area (TPSA) is 47.6 Å². The van der Waals surface area contributed by atoms with E-state index >= 15 is 0 Å². The lowest BCUT2D eigenvalue weighted by Crippen LogP contribution is -2.34. The number of hydrogen-bond donors (Lipinski definition) is 1. The van der Waals surface area contributed by atoms with Gasteiger partial charge < -0.3 is 14.8 Å². The number of carbonyl (C=O) groups is 1. The van der Waals surface area contributed by atoms with Crippen LogP contribution >= 0.6 is 0 Å². The van der Waals surface area contributed by atoms with Gasteiger partial charge in [-0.15, -0.1) is 0 Å². The summed E-state index contributed by atoms with van der Waals surface area (Å²) < 4.78 is 10.6. The second kappa shape index (κ2) is 7.63. The monoisotopic (exact) mass is 229 g/mol. The van der Waals surface area contributed by atoms with Gasteiger partial charge in [-0.1, -0.05) is 6.92 Å². The summed E-state index contributed by atoms with van der Waals surface area (Å²) in [5.74, 6) is -0.186. The molecule has 0 bridgehead atoms. The summed E-state index contributed by atoms with van der Waals surface area (Å²) in [6, 6.07) is 0.360. The van der Waals surface area contributed by atoms with Gasteiger partial charge in [0.05, 0.1) is 12.6 Å². The van der Waals surface area contributed by atoms with E-state index in [1.807, 2.05) is 0 Å². The summed E-state index contributed by atoms with van der Waals surface area (Å²) in [5.41, 5.74) is 0. The Labute approximate surface area is 97.7 Å². The summed E-state index contributed by atoms with van der Waals surface area (Å²) in [7, 11) is 0. The number of esters is 1. The van der Waals surface area contributed by atoms with Crippen LogP contribution in [0.4, 0.5) is 0 Å². The fourth-order valence-corrected chi connectivity index (χ4v) is 1.58. The first-order valence-electron chi connectivity index (χ1n) is 6.23. The molecule has 0 radical (unpaired) electrons. The highest BCUT2D eigenvalue weighted by molar-refractivity contribution is 5.71. The first-order chi connectivity index (χ1) is 7.72. The molecule has 0 aromatic rings. The van der Waals surface area contributed by atoms with E-state index in [-0.39, 0.29) is 12.1 Å². The maximum atomic E-state index is 11.4. The minimum atomic E-state index is -0.186. The van der Waals surface area contributed by atoms with Crippen molar-refractivity contribution in [1.82, 2.24) is 5.32 Å². The van der Waals surface area contributed by atoms with Crippen molar-refractivity contribution in [1.29, 1.82) is 0 Å². The van der Waals surface area contributed by atoms with Gasteiger partial charge in [0.1, 0.15) is 6.61 Å². The van der Waals surface area contributed by atoms with Crippen molar-refractivity contribution in [3.8, 4) is 0 Å². The normalized spacial score (nSPS) is 22.8. The third kappa shape index (κ3) is 5.47. The van der Waals surface area contributed by atoms with Crippen LogP contribution in [0.1, 0.15) is 39.5 Å². The van der Waals surface area contributed by atoms with Crippen molar-refractivity contribution >= 4 is 5.97 Å². The molecule has 2 unspecified atom stereocenters. The summed E-state index contributed by atoms with van der Waals surface area (Å²) in [5, 5.41) is 3.10. The van der Waals surface area contributed by atoms with Crippen LogP contribution in [0.15, 0.2) is 0 Å². The van der Waals surface area contributed by atoms with Gasteiger partial charge in [0.2, 0.25) is 0 Å². The summed E-state index contributed by atoms with van der Waals surface area (Å²) in [6.45, 7) is 5.63. The van der Waals surface area contributed by atoms with Crippen molar-refractivity contribution in [2.24, 2.45) is 0 Å². The number of hydrogen-bond acceptors (Lipinski definition) is 4. The number of carbonyl (C=O) groups excluding carboxylic acids is 1. The Bertz CT molecular complexity index is 202. The molecule has 4 nitrogen and oxygen atoms in total. The van der Waals surface area contributed by atoms with Crippen LogP contribution in [0, 0.1) is 0 Å². The summed E-state index contributed by atoms with van der Waals surface area (Å²) in [4.78, 5) is 11.4. The zero-order valence-electron chi connectivity index (χ0n) is 10.3. The molecule has 1 fully saturated rings. The van der Waals surface area contributed by atoms with Crippen LogP contribution in [0.3, 0.4) is 0 Å². The van der Waals surface area contributed by atoms with Gasteiger partial charge in [-0.25, -0.2) is 0 Å². The maximum absolute atomic E-state index is 11.4. The predicted octanol–water partition coefficient (Wildman–Crippen LogP) is 1.49. The standard InChI is InChI=1S/C12H23NO3/c1-3-10(2)13-8-12(14)16-9-11-6-4-5-7-15-11/h10-11,13H,3-9H2,1-2H3. The average Bonchev–Trinajstić information content (AvgIpc) is 2.34. The average molecular weight is 229 g/mol. The number of ether oxygens (including phenoxy) is 2. The van der Waals surface area contributed by atoms with Gasteiger partial charge in [-0.3, -0.25) is 4.79 Å². The van der Waals surface area contributed by atoms with E-state index in [1.165, 1.54) is 6.42 Å². The lowest BCUT2D eigenvalue weighted by atomic mass is 10.1. The largest absolute Gasteiger partial charge is 0.462 e. The van der Waals surface area contributed by atoms with Crippen LogP contribution in [0.25, 0.3) is 0 Å². The van der Waals surface area contributed by atoms with Crippen molar-refractivity contribution < 1.29 is 14.3 Å². The van der Waals surface area contributed by atoms with Gasteiger partial charge in [0.15, 0.2) is 0 Å². The number of nitrogens with one attached hydrogen (secondary N) is 1. The zero-order chi connectivity index (χ0) is 11.8. The second-order valence-electron chi connectivity index (χ2n) is 4.36. The molecule has 94 valence electrons. The van der Waals surface area contributed by atoms with Gasteiger partial charge in [0.25, 0.3) is 0 Å². The first-order valence-corrected chi connectivity index (χ1v) is 6.23. The van der Waals surface area contributed by atoms with E-state index in [0.29, 0.717) is 19.2 Å². The molecule has 1 N–H and O–H groups in total. The molecule has 0 amide bonds. The maximum Gasteiger partial charge on any atom is 0.320 e. The Balaban J connectivity index is 2.05. The highest BCUT2D eigenvalue weighted by Gasteiger charge is 2.15. The zero-order valence-corrected chi connectivity index (χ0v) is 10.3. The lowest BCUT2D eigenvalue weighted by Gasteiger charge is -2.22. The Hall–Kier alpha value is -0.610. The molecular weight excluding hydrogens is 206 g/mol. The highest BCUT2D eigenvalue weighted by Crippen LogP contribution is 2.12. The lowest BCUT2D eigenvalue weighted by molar-refractivity contribution is -0.148. The Morgan fingerprint density at radius 3 is 3.00 bits per heavy atom. The molecule has 16 heavy (non-hydrogen) atoms. The highest BCUT2D eigenvalue weighted by atomic mass is 16.6. The van der Waals surface area contributed by atoms with E-state index in [2.05, 4.69) is 19.2 Å². The molecule has 4 heteroatoms. The predicted molar refractivity (Wildman–Crippen MR) is 62.3 cm³/mol. The molecule has 2 atom stereocenters. The van der Waals surface area contributed by atoms with E-state index in [9.17, 15) is 4.79 Å². The molecular formula is C12H23NO3. The van der Waals surface area contributed by atoms with E-state index < -0.39 is 0 Å². The van der Waals surface area contributed by atoms with Crippen LogP contribution in [0.5, 0.6) is 0 Å². The van der Waals surface area contributed by atoms with Crippen molar-refractivity contribution in [2.75, 3.05) is 19.8 Å². The molecule has 0 saturated carbocycles. The second-order valence-corrected chi connectivity index (χ2v) is 4.36. The summed E-state index contributed by atoms with van der Waals surface area (Å²) in [6.07, 6.45) is 4.43. The van der Waals surface area contributed by atoms with Crippen LogP contribution < -0.4 is 5.32 Å². The smallest absolute Gasteiger partial charge is 0.320 e. The Morgan fingerprint density at radius 2 is 2.38 bits per heavy atom. The summed E-state index contributed by atoms with van der Waals surface area (Å²) >= 11 is 0. The fraction of sp³-hybridized carbons (Fsp3) is 0.917. The first kappa shape index (κ1) is 13.5. The molecule has 1 rings (SSSR count). The fourth-order valence-electron chi connectivity index (χ4n) is 1.58. The molecule has 1 saturated heterocycles. The molecule has 0 aromatic carbocycles. The SMILES string of the molecule is CCC(C)NCC(=O)OCC1CCCCO1. The molecule has 0 spiro atoms. The van der Waals surface area contributed by atoms with E-state index in [0.717, 1.165) is 25.9 Å². The third-order valence-electron chi connectivity index (χ3n) is 2.91. The van der Waals surface area contributed by atoms with Crippen LogP contribution in [0.2, 0.25) is 0 Å². The van der Waals surface area contributed by atoms with Crippen LogP contribution in [-0.4, -0.2) is 37.9 Å². The Morgan fingerprint density at radius 1 is 1.56 bits per heavy atom. The molecule has 0 aliphatic carbocycles. The minimum Gasteiger partial charge on any atom is -0.462 e. The van der Waals surface area contributed by atoms with Gasteiger partial charge in [-0.05, 0) is 32.6 Å². The van der Waals surface area contributed by atoms with Crippen molar-refractivity contribution in [3.05, 3.63) is 0 Å². The van der Waals surface area contributed by atoms with Gasteiger partial charge >= 0.3 is 5.97 Å². The van der Waals surface area contributed by atoms with Gasteiger partial charge in [-0.2, -0.15) is 0 Å². The molecule has 1 aliphatic heterocycles. The van der Waals surface area contributed by atoms with E-state index in [1.54, 1.807) is 0 Å². The quantitative estimate of drug-likeness (QED) is 0.701. The molecule has 0 aromatic heterocycles. The third-order valence-corrected chi connectivity index (χ3v) is 2.91. The van der Waals surface area contributed by atoms with Gasteiger partial charge in [0, 0.05) is 12.6 Å². The van der Waals surface area contributed by atoms with E-state index in [4.69, 9.17) is 9.47 Å².